The predicted octanol–water partition coefficient (Wildman–Crippen LogP) is 2.14. The Morgan fingerprint density at radius 2 is 2.15 bits per heavy atom. The molecule has 0 aliphatic heterocycles. The second-order valence-electron chi connectivity index (χ2n) is 5.10. The van der Waals surface area contributed by atoms with Crippen LogP contribution in [0.5, 0.6) is 0 Å². The highest BCUT2D eigenvalue weighted by Gasteiger charge is 2.25. The molecule has 0 unspecified atom stereocenters. The molecule has 1 aromatic heterocycles. The van der Waals surface area contributed by atoms with Crippen LogP contribution in [-0.4, -0.2) is 19.2 Å². The second-order valence-corrected chi connectivity index (χ2v) is 7.76. The zero-order valence-corrected chi connectivity index (χ0v) is 13.1. The molecule has 108 valence electrons. The first-order chi connectivity index (χ1) is 9.33. The number of sulfonamides is 1. The van der Waals surface area contributed by atoms with Gasteiger partial charge in [-0.1, -0.05) is 15.9 Å². The van der Waals surface area contributed by atoms with Crippen LogP contribution in [0.2, 0.25) is 0 Å². The Kier molecular flexibility index (Phi) is 3.17. The van der Waals surface area contributed by atoms with E-state index in [0.717, 1.165) is 19.1 Å². The number of aromatic nitrogens is 1. The van der Waals surface area contributed by atoms with Gasteiger partial charge in [0.1, 0.15) is 0 Å². The van der Waals surface area contributed by atoms with Gasteiger partial charge in [0.2, 0.25) is 10.0 Å². The summed E-state index contributed by atoms with van der Waals surface area (Å²) in [4.78, 5) is 11.9. The highest BCUT2D eigenvalue weighted by Crippen LogP contribution is 2.33. The molecule has 0 spiro atoms. The van der Waals surface area contributed by atoms with Crippen LogP contribution in [0.25, 0.3) is 11.1 Å². The van der Waals surface area contributed by atoms with Crippen LogP contribution >= 0.6 is 15.9 Å². The second kappa shape index (κ2) is 4.63. The van der Waals surface area contributed by atoms with Gasteiger partial charge in [0, 0.05) is 11.0 Å². The molecule has 1 aliphatic carbocycles. The van der Waals surface area contributed by atoms with Crippen molar-refractivity contribution in [2.24, 2.45) is 5.92 Å². The summed E-state index contributed by atoms with van der Waals surface area (Å²) in [6, 6.07) is 3.34. The van der Waals surface area contributed by atoms with Gasteiger partial charge in [0.25, 0.3) is 0 Å². The average Bonchev–Trinajstić information content (AvgIpc) is 3.05. The van der Waals surface area contributed by atoms with Gasteiger partial charge >= 0.3 is 5.76 Å². The SMILES string of the molecule is CS(=O)(=O)Nc1cc(Br)cc2c1oc(=O)n2CC1CC1. The molecule has 0 radical (unpaired) electrons. The molecule has 0 amide bonds. The molecule has 1 aromatic carbocycles. The molecule has 1 fully saturated rings. The van der Waals surface area contributed by atoms with Crippen molar-refractivity contribution in [1.82, 2.24) is 4.57 Å². The third kappa shape index (κ3) is 2.76. The molecule has 1 saturated carbocycles. The maximum absolute atomic E-state index is 11.9. The standard InChI is InChI=1S/C12H13BrN2O4S/c1-20(17,18)14-9-4-8(13)5-10-11(9)19-12(16)15(10)6-7-2-3-7/h4-5,7,14H,2-3,6H2,1H3. The van der Waals surface area contributed by atoms with Crippen molar-refractivity contribution in [2.45, 2.75) is 19.4 Å². The lowest BCUT2D eigenvalue weighted by Crippen LogP contribution is -2.15. The van der Waals surface area contributed by atoms with E-state index in [9.17, 15) is 13.2 Å². The van der Waals surface area contributed by atoms with Crippen LogP contribution in [0.15, 0.2) is 25.8 Å². The Hall–Kier alpha value is -1.28. The van der Waals surface area contributed by atoms with Crippen molar-refractivity contribution in [3.8, 4) is 0 Å². The zero-order chi connectivity index (χ0) is 14.5. The Labute approximate surface area is 123 Å². The number of nitrogens with one attached hydrogen (secondary N) is 1. The number of rotatable bonds is 4. The fourth-order valence-corrected chi connectivity index (χ4v) is 3.13. The van der Waals surface area contributed by atoms with E-state index in [2.05, 4.69) is 20.7 Å². The highest BCUT2D eigenvalue weighted by atomic mass is 79.9. The van der Waals surface area contributed by atoms with E-state index in [1.165, 1.54) is 0 Å². The first-order valence-electron chi connectivity index (χ1n) is 6.14. The molecule has 3 rings (SSSR count). The fraction of sp³-hybridized carbons (Fsp3) is 0.417. The lowest BCUT2D eigenvalue weighted by molar-refractivity contribution is 0.492. The lowest BCUT2D eigenvalue weighted by atomic mass is 10.3. The normalized spacial score (nSPS) is 15.7. The summed E-state index contributed by atoms with van der Waals surface area (Å²) in [5.41, 5.74) is 1.13. The monoisotopic (exact) mass is 360 g/mol. The summed E-state index contributed by atoms with van der Waals surface area (Å²) >= 11 is 3.32. The summed E-state index contributed by atoms with van der Waals surface area (Å²) in [7, 11) is -3.44. The van der Waals surface area contributed by atoms with Gasteiger partial charge in [-0.25, -0.2) is 13.2 Å². The zero-order valence-electron chi connectivity index (χ0n) is 10.7. The Morgan fingerprint density at radius 3 is 2.75 bits per heavy atom. The molecular weight excluding hydrogens is 348 g/mol. The number of halogens is 1. The van der Waals surface area contributed by atoms with Crippen LogP contribution in [0, 0.1) is 5.92 Å². The quantitative estimate of drug-likeness (QED) is 0.905. The molecule has 1 aliphatic rings. The number of fused-ring (bicyclic) bond motifs is 1. The van der Waals surface area contributed by atoms with E-state index < -0.39 is 15.8 Å². The van der Waals surface area contributed by atoms with Gasteiger partial charge in [-0.05, 0) is 30.9 Å². The van der Waals surface area contributed by atoms with Gasteiger partial charge in [0.05, 0.1) is 17.5 Å². The van der Waals surface area contributed by atoms with E-state index in [4.69, 9.17) is 4.42 Å². The lowest BCUT2D eigenvalue weighted by Gasteiger charge is -2.06. The Morgan fingerprint density at radius 1 is 1.45 bits per heavy atom. The minimum absolute atomic E-state index is 0.267. The van der Waals surface area contributed by atoms with Gasteiger partial charge < -0.3 is 4.42 Å². The van der Waals surface area contributed by atoms with Crippen LogP contribution < -0.4 is 10.5 Å². The van der Waals surface area contributed by atoms with Crippen LogP contribution in [-0.2, 0) is 16.6 Å². The largest absolute Gasteiger partial charge is 0.420 e. The van der Waals surface area contributed by atoms with Crippen LogP contribution in [0.4, 0.5) is 5.69 Å². The molecular formula is C12H13BrN2O4S. The maximum atomic E-state index is 11.9. The molecule has 2 aromatic rings. The fourth-order valence-electron chi connectivity index (χ4n) is 2.13. The van der Waals surface area contributed by atoms with Crippen molar-refractivity contribution in [3.63, 3.8) is 0 Å². The topological polar surface area (TPSA) is 81.3 Å². The van der Waals surface area contributed by atoms with Crippen molar-refractivity contribution < 1.29 is 12.8 Å². The van der Waals surface area contributed by atoms with Crippen molar-refractivity contribution in [3.05, 3.63) is 27.2 Å². The Balaban J connectivity index is 2.18. The first-order valence-corrected chi connectivity index (χ1v) is 8.82. The molecule has 1 heterocycles. The third-order valence-electron chi connectivity index (χ3n) is 3.17. The summed E-state index contributed by atoms with van der Waals surface area (Å²) in [6.07, 6.45) is 3.28. The number of nitrogens with zero attached hydrogens (tertiary/aromatic N) is 1. The van der Waals surface area contributed by atoms with E-state index in [-0.39, 0.29) is 11.3 Å². The number of hydrogen-bond donors (Lipinski definition) is 1. The number of oxazole rings is 1. The van der Waals surface area contributed by atoms with Crippen molar-refractivity contribution in [2.75, 3.05) is 11.0 Å². The summed E-state index contributed by atoms with van der Waals surface area (Å²) in [5.74, 6) is 0.0559. The summed E-state index contributed by atoms with van der Waals surface area (Å²) in [5, 5.41) is 0. The highest BCUT2D eigenvalue weighted by molar-refractivity contribution is 9.10. The number of benzene rings is 1. The number of hydrogen-bond acceptors (Lipinski definition) is 4. The van der Waals surface area contributed by atoms with E-state index in [1.54, 1.807) is 16.7 Å². The maximum Gasteiger partial charge on any atom is 0.420 e. The van der Waals surface area contributed by atoms with Crippen molar-refractivity contribution >= 4 is 42.7 Å². The van der Waals surface area contributed by atoms with Crippen LogP contribution in [0.3, 0.4) is 0 Å². The van der Waals surface area contributed by atoms with E-state index >= 15 is 0 Å². The van der Waals surface area contributed by atoms with Gasteiger partial charge in [0.15, 0.2) is 5.58 Å². The molecule has 0 atom stereocenters. The molecule has 6 nitrogen and oxygen atoms in total. The average molecular weight is 361 g/mol. The minimum Gasteiger partial charge on any atom is -0.405 e. The predicted molar refractivity (Wildman–Crippen MR) is 79.4 cm³/mol. The summed E-state index contributed by atoms with van der Waals surface area (Å²) in [6.45, 7) is 0.612. The summed E-state index contributed by atoms with van der Waals surface area (Å²) < 4.78 is 32.6. The molecule has 0 bridgehead atoms. The first kappa shape index (κ1) is 13.7. The van der Waals surface area contributed by atoms with Gasteiger partial charge in [-0.15, -0.1) is 0 Å². The van der Waals surface area contributed by atoms with Crippen molar-refractivity contribution in [1.29, 1.82) is 0 Å². The van der Waals surface area contributed by atoms with E-state index in [0.29, 0.717) is 22.5 Å². The van der Waals surface area contributed by atoms with Gasteiger partial charge in [-0.2, -0.15) is 0 Å². The van der Waals surface area contributed by atoms with Gasteiger partial charge in [-0.3, -0.25) is 9.29 Å². The van der Waals surface area contributed by atoms with E-state index in [1.807, 2.05) is 0 Å². The van der Waals surface area contributed by atoms with Crippen LogP contribution in [0.1, 0.15) is 12.8 Å². The molecule has 20 heavy (non-hydrogen) atoms. The molecule has 8 heteroatoms. The number of anilines is 1. The smallest absolute Gasteiger partial charge is 0.405 e. The minimum atomic E-state index is -3.44. The Bertz CT molecular complexity index is 833. The molecule has 1 N–H and O–H groups in total. The third-order valence-corrected chi connectivity index (χ3v) is 4.22. The molecule has 0 saturated heterocycles.